The second kappa shape index (κ2) is 7.03. The summed E-state index contributed by atoms with van der Waals surface area (Å²) in [6.07, 6.45) is 1.44. The first-order valence-corrected chi connectivity index (χ1v) is 9.16. The van der Waals surface area contributed by atoms with Gasteiger partial charge in [0.1, 0.15) is 0 Å². The maximum Gasteiger partial charge on any atom is 0.306 e. The zero-order valence-electron chi connectivity index (χ0n) is 15.8. The van der Waals surface area contributed by atoms with Crippen LogP contribution in [0.1, 0.15) is 28.0 Å². The number of ether oxygens (including phenoxy) is 2. The predicted octanol–water partition coefficient (Wildman–Crippen LogP) is 3.54. The number of fused-ring (bicyclic) bond motifs is 3. The van der Waals surface area contributed by atoms with Crippen LogP contribution in [0.25, 0.3) is 10.9 Å². The van der Waals surface area contributed by atoms with Gasteiger partial charge in [-0.25, -0.2) is 0 Å². The highest BCUT2D eigenvalue weighted by Crippen LogP contribution is 2.40. The maximum absolute atomic E-state index is 13.3. The Hall–Kier alpha value is -3.28. The lowest BCUT2D eigenvalue weighted by Gasteiger charge is -2.20. The molecule has 0 saturated heterocycles. The van der Waals surface area contributed by atoms with E-state index in [4.69, 9.17) is 9.47 Å². The third-order valence-electron chi connectivity index (χ3n) is 5.44. The molecule has 0 amide bonds. The zero-order chi connectivity index (χ0) is 19.8. The summed E-state index contributed by atoms with van der Waals surface area (Å²) in [4.78, 5) is 24.9. The van der Waals surface area contributed by atoms with Crippen molar-refractivity contribution in [1.29, 1.82) is 0 Å². The molecule has 144 valence electrons. The lowest BCUT2D eigenvalue weighted by atomic mass is 9.86. The van der Waals surface area contributed by atoms with Crippen molar-refractivity contribution in [1.82, 2.24) is 4.57 Å². The average Bonchev–Trinajstić information content (AvgIpc) is 3.05. The van der Waals surface area contributed by atoms with E-state index in [-0.39, 0.29) is 5.91 Å². The topological polar surface area (TPSA) is 77.8 Å². The minimum Gasteiger partial charge on any atom is -0.493 e. The third-order valence-corrected chi connectivity index (χ3v) is 5.44. The van der Waals surface area contributed by atoms with Crippen molar-refractivity contribution in [2.75, 3.05) is 14.2 Å². The van der Waals surface area contributed by atoms with Crippen LogP contribution < -0.4 is 9.47 Å². The van der Waals surface area contributed by atoms with Crippen LogP contribution >= 0.6 is 0 Å². The van der Waals surface area contributed by atoms with E-state index in [0.717, 1.165) is 16.6 Å². The molecule has 1 aliphatic rings. The van der Waals surface area contributed by atoms with Gasteiger partial charge in [0.2, 0.25) is 0 Å². The third kappa shape index (κ3) is 2.81. The van der Waals surface area contributed by atoms with Crippen molar-refractivity contribution >= 4 is 22.8 Å². The number of methoxy groups -OCH3 is 2. The maximum atomic E-state index is 13.3. The minimum absolute atomic E-state index is 0.132. The van der Waals surface area contributed by atoms with Crippen molar-refractivity contribution in [3.63, 3.8) is 0 Å². The summed E-state index contributed by atoms with van der Waals surface area (Å²) in [7, 11) is 3.11. The number of benzene rings is 2. The normalized spacial score (nSPS) is 15.9. The number of rotatable bonds is 4. The number of carboxylic acid groups (broad SMARTS) is 1. The number of carbonyl (C=O) groups is 2. The van der Waals surface area contributed by atoms with Crippen molar-refractivity contribution in [3.8, 4) is 11.5 Å². The fourth-order valence-corrected chi connectivity index (χ4v) is 4.03. The second-order valence-electron chi connectivity index (χ2n) is 6.93. The van der Waals surface area contributed by atoms with Crippen molar-refractivity contribution in [3.05, 3.63) is 59.3 Å². The Labute approximate surface area is 162 Å². The van der Waals surface area contributed by atoms with Crippen LogP contribution in [0.2, 0.25) is 0 Å². The molecule has 3 aromatic rings. The quantitative estimate of drug-likeness (QED) is 0.750. The Kier molecular flexibility index (Phi) is 4.55. The molecule has 2 aromatic carbocycles. The molecule has 0 fully saturated rings. The van der Waals surface area contributed by atoms with Gasteiger partial charge in [-0.3, -0.25) is 14.2 Å². The molecule has 1 aromatic heterocycles. The summed E-state index contributed by atoms with van der Waals surface area (Å²) in [6.45, 7) is 0. The summed E-state index contributed by atoms with van der Waals surface area (Å²) in [6, 6.07) is 12.7. The van der Waals surface area contributed by atoms with Crippen LogP contribution in [0.3, 0.4) is 0 Å². The number of nitrogens with zero attached hydrogens (tertiary/aromatic N) is 1. The highest BCUT2D eigenvalue weighted by Gasteiger charge is 2.31. The molecule has 0 radical (unpaired) electrons. The molecular formula is C22H21NO5. The molecule has 1 heterocycles. The second-order valence-corrected chi connectivity index (χ2v) is 6.93. The van der Waals surface area contributed by atoms with Crippen LogP contribution in [0.4, 0.5) is 0 Å². The first-order valence-electron chi connectivity index (χ1n) is 9.16. The van der Waals surface area contributed by atoms with Gasteiger partial charge in [0.25, 0.3) is 5.91 Å². The molecule has 1 unspecified atom stereocenters. The summed E-state index contributed by atoms with van der Waals surface area (Å²) in [5.74, 6) is -0.304. The van der Waals surface area contributed by atoms with Gasteiger partial charge in [-0.1, -0.05) is 18.2 Å². The number of hydrogen-bond acceptors (Lipinski definition) is 4. The molecule has 0 spiro atoms. The molecule has 1 N–H and O–H groups in total. The van der Waals surface area contributed by atoms with E-state index in [2.05, 4.69) is 0 Å². The molecule has 1 aliphatic carbocycles. The molecule has 0 aliphatic heterocycles. The van der Waals surface area contributed by atoms with Gasteiger partial charge < -0.3 is 14.6 Å². The number of hydrogen-bond donors (Lipinski definition) is 1. The van der Waals surface area contributed by atoms with Crippen LogP contribution in [0.5, 0.6) is 11.5 Å². The monoisotopic (exact) mass is 379 g/mol. The van der Waals surface area contributed by atoms with Gasteiger partial charge in [0.15, 0.2) is 11.5 Å². The summed E-state index contributed by atoms with van der Waals surface area (Å²) < 4.78 is 12.6. The highest BCUT2D eigenvalue weighted by molar-refractivity contribution is 6.05. The first kappa shape index (κ1) is 18.1. The number of carboxylic acids is 1. The Morgan fingerprint density at radius 1 is 1.07 bits per heavy atom. The van der Waals surface area contributed by atoms with E-state index < -0.39 is 11.9 Å². The predicted molar refractivity (Wildman–Crippen MR) is 104 cm³/mol. The Balaban J connectivity index is 1.98. The van der Waals surface area contributed by atoms with Gasteiger partial charge in [-0.05, 0) is 43.0 Å². The number of carbonyl (C=O) groups excluding carboxylic acids is 1. The number of aromatic nitrogens is 1. The molecule has 6 heteroatoms. The lowest BCUT2D eigenvalue weighted by Crippen LogP contribution is -2.24. The van der Waals surface area contributed by atoms with Crippen molar-refractivity contribution < 1.29 is 24.2 Å². The first-order chi connectivity index (χ1) is 13.5. The van der Waals surface area contributed by atoms with E-state index in [9.17, 15) is 14.7 Å². The smallest absolute Gasteiger partial charge is 0.306 e. The van der Waals surface area contributed by atoms with E-state index in [1.165, 1.54) is 0 Å². The minimum atomic E-state index is -0.804. The van der Waals surface area contributed by atoms with Gasteiger partial charge in [0.05, 0.1) is 25.7 Å². The number of aliphatic carboxylic acids is 1. The van der Waals surface area contributed by atoms with E-state index in [1.807, 2.05) is 24.3 Å². The molecule has 0 bridgehead atoms. The van der Waals surface area contributed by atoms with E-state index in [0.29, 0.717) is 41.8 Å². The van der Waals surface area contributed by atoms with Crippen LogP contribution in [-0.2, 0) is 17.6 Å². The Morgan fingerprint density at radius 3 is 2.39 bits per heavy atom. The Bertz CT molecular complexity index is 1070. The van der Waals surface area contributed by atoms with Crippen LogP contribution in [-0.4, -0.2) is 35.8 Å². The molecule has 6 nitrogen and oxygen atoms in total. The SMILES string of the molecule is COc1cc2c3c(n(C(=O)c4ccccc4)c2cc1OC)CCC(C(=O)O)C3. The summed E-state index contributed by atoms with van der Waals surface area (Å²) in [5, 5.41) is 10.3. The lowest BCUT2D eigenvalue weighted by molar-refractivity contribution is -0.142. The fraction of sp³-hybridized carbons (Fsp3) is 0.273. The van der Waals surface area contributed by atoms with Crippen molar-refractivity contribution in [2.45, 2.75) is 19.3 Å². The van der Waals surface area contributed by atoms with Gasteiger partial charge >= 0.3 is 5.97 Å². The fourth-order valence-electron chi connectivity index (χ4n) is 4.03. The van der Waals surface area contributed by atoms with Gasteiger partial charge in [0, 0.05) is 22.7 Å². The standard InChI is InChI=1S/C22H21NO5/c1-27-19-11-16-15-10-14(22(25)26)8-9-17(15)23(18(16)12-20(19)28-2)21(24)13-6-4-3-5-7-13/h3-7,11-12,14H,8-10H2,1-2H3,(H,25,26). The van der Waals surface area contributed by atoms with Crippen LogP contribution in [0, 0.1) is 5.92 Å². The zero-order valence-corrected chi connectivity index (χ0v) is 15.8. The summed E-state index contributed by atoms with van der Waals surface area (Å²) >= 11 is 0. The average molecular weight is 379 g/mol. The summed E-state index contributed by atoms with van der Waals surface area (Å²) in [5.41, 5.74) is 3.07. The molecule has 0 saturated carbocycles. The van der Waals surface area contributed by atoms with Gasteiger partial charge in [-0.15, -0.1) is 0 Å². The Morgan fingerprint density at radius 2 is 1.75 bits per heavy atom. The van der Waals surface area contributed by atoms with E-state index >= 15 is 0 Å². The van der Waals surface area contributed by atoms with Crippen LogP contribution in [0.15, 0.2) is 42.5 Å². The largest absolute Gasteiger partial charge is 0.493 e. The molecule has 4 rings (SSSR count). The van der Waals surface area contributed by atoms with E-state index in [1.54, 1.807) is 37.0 Å². The van der Waals surface area contributed by atoms with Crippen molar-refractivity contribution in [2.24, 2.45) is 5.92 Å². The molecule has 28 heavy (non-hydrogen) atoms. The molecule has 1 atom stereocenters. The highest BCUT2D eigenvalue weighted by atomic mass is 16.5. The van der Waals surface area contributed by atoms with Gasteiger partial charge in [-0.2, -0.15) is 0 Å². The molecular weight excluding hydrogens is 358 g/mol.